The molecule has 2 aliphatic rings. The summed E-state index contributed by atoms with van der Waals surface area (Å²) in [5.74, 6) is 0.400. The summed E-state index contributed by atoms with van der Waals surface area (Å²) in [6.07, 6.45) is 0. The molecule has 4 rings (SSSR count). The Morgan fingerprint density at radius 2 is 1.71 bits per heavy atom. The number of ether oxygens (including phenoxy) is 1. The van der Waals surface area contributed by atoms with Crippen LogP contribution in [-0.4, -0.2) is 84.5 Å². The molecule has 0 N–H and O–H groups in total. The van der Waals surface area contributed by atoms with Crippen molar-refractivity contribution >= 4 is 28.2 Å². The lowest BCUT2D eigenvalue weighted by molar-refractivity contribution is 0.121. The molecule has 1 aromatic carbocycles. The summed E-state index contributed by atoms with van der Waals surface area (Å²) < 4.78 is 50.1. The van der Waals surface area contributed by atoms with Crippen LogP contribution in [0.2, 0.25) is 0 Å². The Labute approximate surface area is 186 Å². The van der Waals surface area contributed by atoms with E-state index in [1.165, 1.54) is 28.6 Å². The van der Waals surface area contributed by atoms with Crippen molar-refractivity contribution in [1.29, 1.82) is 0 Å². The summed E-state index contributed by atoms with van der Waals surface area (Å²) in [5.41, 5.74) is 0. The summed E-state index contributed by atoms with van der Waals surface area (Å²) in [4.78, 5) is 4.44. The van der Waals surface area contributed by atoms with Crippen LogP contribution >= 0.6 is 12.2 Å². The number of anilines is 1. The minimum atomic E-state index is -3.63. The standard InChI is InChI=1S/C19H27FN6O3S2/c1-2-25-18(23-11-13-29-14-12-23)21-26(19(25)30)15-22-7-9-24(10-8-22)31(27,28)17-5-3-16(20)4-6-17/h3-6H,2,7-15H2,1H3. The maximum Gasteiger partial charge on any atom is 0.243 e. The number of hydrogen-bond donors (Lipinski definition) is 0. The summed E-state index contributed by atoms with van der Waals surface area (Å²) in [7, 11) is -3.63. The second kappa shape index (κ2) is 9.33. The molecule has 0 aliphatic carbocycles. The first kappa shape index (κ1) is 22.3. The molecule has 170 valence electrons. The lowest BCUT2D eigenvalue weighted by Crippen LogP contribution is -2.49. The molecule has 12 heteroatoms. The van der Waals surface area contributed by atoms with Gasteiger partial charge in [-0.3, -0.25) is 9.47 Å². The fraction of sp³-hybridized carbons (Fsp3) is 0.579. The Bertz CT molecular complexity index is 1060. The largest absolute Gasteiger partial charge is 0.378 e. The highest BCUT2D eigenvalue weighted by Crippen LogP contribution is 2.19. The van der Waals surface area contributed by atoms with Crippen molar-refractivity contribution in [3.63, 3.8) is 0 Å². The van der Waals surface area contributed by atoms with Gasteiger partial charge in [0.1, 0.15) is 5.82 Å². The maximum absolute atomic E-state index is 13.1. The molecule has 2 aliphatic heterocycles. The van der Waals surface area contributed by atoms with E-state index in [1.54, 1.807) is 0 Å². The molecule has 0 amide bonds. The highest BCUT2D eigenvalue weighted by molar-refractivity contribution is 7.89. The fourth-order valence-corrected chi connectivity index (χ4v) is 5.58. The molecule has 9 nitrogen and oxygen atoms in total. The zero-order valence-corrected chi connectivity index (χ0v) is 19.1. The van der Waals surface area contributed by atoms with Crippen molar-refractivity contribution in [3.05, 3.63) is 34.9 Å². The normalized spacial score (nSPS) is 19.1. The molecule has 2 saturated heterocycles. The highest BCUT2D eigenvalue weighted by Gasteiger charge is 2.29. The predicted molar refractivity (Wildman–Crippen MR) is 116 cm³/mol. The number of benzene rings is 1. The monoisotopic (exact) mass is 470 g/mol. The van der Waals surface area contributed by atoms with Crippen molar-refractivity contribution in [2.75, 3.05) is 57.4 Å². The summed E-state index contributed by atoms with van der Waals surface area (Å²) >= 11 is 5.65. The molecule has 2 fully saturated rings. The zero-order chi connectivity index (χ0) is 22.0. The van der Waals surface area contributed by atoms with Crippen LogP contribution in [0.3, 0.4) is 0 Å². The Balaban J connectivity index is 1.42. The van der Waals surface area contributed by atoms with Crippen LogP contribution in [0.4, 0.5) is 10.3 Å². The molecule has 0 unspecified atom stereocenters. The molecule has 2 aromatic rings. The van der Waals surface area contributed by atoms with Gasteiger partial charge in [0.15, 0.2) is 0 Å². The Morgan fingerprint density at radius 3 is 2.32 bits per heavy atom. The number of morpholine rings is 1. The van der Waals surface area contributed by atoms with Crippen LogP contribution in [-0.2, 0) is 28.0 Å². The third-order valence-electron chi connectivity index (χ3n) is 5.63. The van der Waals surface area contributed by atoms with E-state index in [4.69, 9.17) is 22.1 Å². The summed E-state index contributed by atoms with van der Waals surface area (Å²) in [6, 6.07) is 4.95. The topological polar surface area (TPSA) is 75.8 Å². The van der Waals surface area contributed by atoms with E-state index in [9.17, 15) is 12.8 Å². The molecule has 31 heavy (non-hydrogen) atoms. The second-order valence-corrected chi connectivity index (χ2v) is 9.85. The molecular weight excluding hydrogens is 443 g/mol. The number of aromatic nitrogens is 3. The van der Waals surface area contributed by atoms with Crippen molar-refractivity contribution in [2.45, 2.75) is 25.0 Å². The maximum atomic E-state index is 13.1. The molecular formula is C19H27FN6O3S2. The van der Waals surface area contributed by atoms with Gasteiger partial charge in [-0.1, -0.05) is 0 Å². The van der Waals surface area contributed by atoms with E-state index in [0.29, 0.717) is 50.8 Å². The van der Waals surface area contributed by atoms with Gasteiger partial charge in [0.25, 0.3) is 0 Å². The zero-order valence-electron chi connectivity index (χ0n) is 17.5. The minimum absolute atomic E-state index is 0.112. The molecule has 3 heterocycles. The van der Waals surface area contributed by atoms with Gasteiger partial charge in [-0.2, -0.15) is 4.31 Å². The third kappa shape index (κ3) is 4.67. The molecule has 0 bridgehead atoms. The SMILES string of the molecule is CCn1c(N2CCOCC2)nn(CN2CCN(S(=O)(=O)c3ccc(F)cc3)CC2)c1=S. The third-order valence-corrected chi connectivity index (χ3v) is 7.97. The fourth-order valence-electron chi connectivity index (χ4n) is 3.85. The summed E-state index contributed by atoms with van der Waals surface area (Å²) in [5, 5.41) is 4.76. The predicted octanol–water partition coefficient (Wildman–Crippen LogP) is 1.37. The minimum Gasteiger partial charge on any atom is -0.378 e. The van der Waals surface area contributed by atoms with Gasteiger partial charge < -0.3 is 9.64 Å². The van der Waals surface area contributed by atoms with Gasteiger partial charge in [0, 0.05) is 45.8 Å². The van der Waals surface area contributed by atoms with Crippen molar-refractivity contribution in [3.8, 4) is 0 Å². The lowest BCUT2D eigenvalue weighted by Gasteiger charge is -2.33. The highest BCUT2D eigenvalue weighted by atomic mass is 32.2. The van der Waals surface area contributed by atoms with E-state index in [0.717, 1.165) is 25.6 Å². The average Bonchev–Trinajstić information content (AvgIpc) is 3.10. The average molecular weight is 471 g/mol. The molecule has 0 radical (unpaired) electrons. The first-order valence-electron chi connectivity index (χ1n) is 10.4. The van der Waals surface area contributed by atoms with Crippen LogP contribution in [0.1, 0.15) is 6.92 Å². The lowest BCUT2D eigenvalue weighted by atomic mass is 10.4. The number of sulfonamides is 1. The van der Waals surface area contributed by atoms with E-state index >= 15 is 0 Å². The number of hydrogen-bond acceptors (Lipinski definition) is 7. The van der Waals surface area contributed by atoms with E-state index < -0.39 is 15.8 Å². The Kier molecular flexibility index (Phi) is 6.72. The number of halogens is 1. The second-order valence-electron chi connectivity index (χ2n) is 7.54. The van der Waals surface area contributed by atoms with Gasteiger partial charge in [-0.05, 0) is 43.4 Å². The molecule has 0 atom stereocenters. The van der Waals surface area contributed by atoms with Gasteiger partial charge in [-0.25, -0.2) is 17.5 Å². The van der Waals surface area contributed by atoms with E-state index in [-0.39, 0.29) is 4.90 Å². The van der Waals surface area contributed by atoms with Gasteiger partial charge in [0.2, 0.25) is 20.7 Å². The van der Waals surface area contributed by atoms with E-state index in [2.05, 4.69) is 9.80 Å². The van der Waals surface area contributed by atoms with Crippen LogP contribution in [0.5, 0.6) is 0 Å². The number of piperazine rings is 1. The smallest absolute Gasteiger partial charge is 0.243 e. The van der Waals surface area contributed by atoms with Crippen LogP contribution < -0.4 is 4.90 Å². The van der Waals surface area contributed by atoms with Crippen LogP contribution in [0.25, 0.3) is 0 Å². The van der Waals surface area contributed by atoms with Gasteiger partial charge in [-0.15, -0.1) is 5.10 Å². The van der Waals surface area contributed by atoms with Crippen LogP contribution in [0.15, 0.2) is 29.2 Å². The molecule has 0 spiro atoms. The van der Waals surface area contributed by atoms with Gasteiger partial charge in [0.05, 0.1) is 24.8 Å². The quantitative estimate of drug-likeness (QED) is 0.591. The number of rotatable bonds is 6. The Hall–Kier alpha value is -1.86. The molecule has 1 aromatic heterocycles. The van der Waals surface area contributed by atoms with Crippen molar-refractivity contribution in [1.82, 2.24) is 23.6 Å². The first-order valence-corrected chi connectivity index (χ1v) is 12.2. The van der Waals surface area contributed by atoms with Crippen molar-refractivity contribution < 1.29 is 17.5 Å². The Morgan fingerprint density at radius 1 is 1.06 bits per heavy atom. The van der Waals surface area contributed by atoms with Crippen molar-refractivity contribution in [2.24, 2.45) is 0 Å². The number of nitrogens with zero attached hydrogens (tertiary/aromatic N) is 6. The molecule has 0 saturated carbocycles. The van der Waals surface area contributed by atoms with E-state index in [1.807, 2.05) is 16.2 Å². The van der Waals surface area contributed by atoms with Gasteiger partial charge >= 0.3 is 0 Å². The van der Waals surface area contributed by atoms with Crippen LogP contribution in [0, 0.1) is 10.6 Å². The summed E-state index contributed by atoms with van der Waals surface area (Å²) in [6.45, 7) is 8.05. The first-order chi connectivity index (χ1) is 14.9.